The quantitative estimate of drug-likeness (QED) is 0.106. The number of primary amides is 2. The first-order valence-corrected chi connectivity index (χ1v) is 11.0. The molecular weight excluding hydrogens is 456 g/mol. The number of rotatable bonds is 16. The summed E-state index contributed by atoms with van der Waals surface area (Å²) in [4.78, 5) is 71.1. The molecule has 0 aromatic rings. The molecule has 188 valence electrons. The van der Waals surface area contributed by atoms with Crippen molar-refractivity contribution < 1.29 is 33.9 Å². The summed E-state index contributed by atoms with van der Waals surface area (Å²) in [5.74, 6) is -5.50. The van der Waals surface area contributed by atoms with E-state index in [0.717, 1.165) is 0 Å². The van der Waals surface area contributed by atoms with Crippen LogP contribution in [0.3, 0.4) is 0 Å². The van der Waals surface area contributed by atoms with Crippen molar-refractivity contribution in [3.8, 4) is 0 Å². The van der Waals surface area contributed by atoms with Gasteiger partial charge in [0.25, 0.3) is 0 Å². The van der Waals surface area contributed by atoms with Crippen molar-refractivity contribution in [3.05, 3.63) is 0 Å². The molecule has 0 saturated carbocycles. The topological polar surface area (TPSA) is 237 Å². The van der Waals surface area contributed by atoms with E-state index in [0.29, 0.717) is 6.42 Å². The fourth-order valence-corrected chi connectivity index (χ4v) is 2.92. The molecule has 5 amide bonds. The van der Waals surface area contributed by atoms with Crippen molar-refractivity contribution >= 4 is 48.1 Å². The summed E-state index contributed by atoms with van der Waals surface area (Å²) in [6, 6.07) is -4.81. The number of thiol groups is 1. The Kier molecular flexibility index (Phi) is 13.7. The summed E-state index contributed by atoms with van der Waals surface area (Å²) in [6.07, 6.45) is -0.135. The highest BCUT2D eigenvalue weighted by molar-refractivity contribution is 7.80. The third-order valence-corrected chi connectivity index (χ3v) is 5.31. The SMILES string of the molecule is CCC(C)C(NC(=O)C(CS)NC(=O)C(CCC(N)=O)NC(=O)C(N)CCC(N)=O)C(=O)O. The monoisotopic (exact) mass is 490 g/mol. The van der Waals surface area contributed by atoms with E-state index in [1.165, 1.54) is 0 Å². The van der Waals surface area contributed by atoms with Crippen LogP contribution in [0.1, 0.15) is 46.0 Å². The Morgan fingerprint density at radius 2 is 1.33 bits per heavy atom. The number of carbonyl (C=O) groups is 6. The van der Waals surface area contributed by atoms with Crippen LogP contribution in [0, 0.1) is 5.92 Å². The molecule has 10 N–H and O–H groups in total. The van der Waals surface area contributed by atoms with Gasteiger partial charge in [-0.25, -0.2) is 4.79 Å². The van der Waals surface area contributed by atoms with Crippen LogP contribution in [0.15, 0.2) is 0 Å². The molecular formula is C19H34N6O7S. The van der Waals surface area contributed by atoms with Gasteiger partial charge in [0.15, 0.2) is 0 Å². The summed E-state index contributed by atoms with van der Waals surface area (Å²) >= 11 is 4.03. The van der Waals surface area contributed by atoms with Gasteiger partial charge in [0.05, 0.1) is 6.04 Å². The Balaban J connectivity index is 5.33. The molecule has 0 aliphatic heterocycles. The molecule has 5 atom stereocenters. The standard InChI is InChI=1S/C19H34N6O7S/c1-3-9(2)15(19(31)32)25-18(30)12(8-33)24-17(29)11(5-7-14(22)27)23-16(28)10(20)4-6-13(21)26/h9-12,15,33H,3-8,20H2,1-2H3,(H2,21,26)(H2,22,27)(H,23,28)(H,24,29)(H,25,30)(H,31,32). The van der Waals surface area contributed by atoms with Gasteiger partial charge in [0.1, 0.15) is 18.1 Å². The second-order valence-electron chi connectivity index (χ2n) is 7.63. The van der Waals surface area contributed by atoms with E-state index >= 15 is 0 Å². The van der Waals surface area contributed by atoms with Gasteiger partial charge in [0, 0.05) is 18.6 Å². The summed E-state index contributed by atoms with van der Waals surface area (Å²) in [7, 11) is 0. The summed E-state index contributed by atoms with van der Waals surface area (Å²) in [5.41, 5.74) is 15.8. The van der Waals surface area contributed by atoms with Crippen molar-refractivity contribution in [2.45, 2.75) is 70.1 Å². The number of nitrogens with one attached hydrogen (secondary N) is 3. The lowest BCUT2D eigenvalue weighted by Crippen LogP contribution is -2.58. The number of carboxylic acids is 1. The zero-order chi connectivity index (χ0) is 25.7. The molecule has 0 rings (SSSR count). The Bertz CT molecular complexity index is 735. The summed E-state index contributed by atoms with van der Waals surface area (Å²) in [6.45, 7) is 3.43. The molecule has 0 radical (unpaired) electrons. The molecule has 14 heteroatoms. The van der Waals surface area contributed by atoms with Crippen LogP contribution in [0.2, 0.25) is 0 Å². The predicted octanol–water partition coefficient (Wildman–Crippen LogP) is -2.64. The lowest BCUT2D eigenvalue weighted by molar-refractivity contribution is -0.143. The fourth-order valence-electron chi connectivity index (χ4n) is 2.67. The molecule has 5 unspecified atom stereocenters. The molecule has 0 saturated heterocycles. The second-order valence-corrected chi connectivity index (χ2v) is 8.00. The molecule has 0 aromatic carbocycles. The second kappa shape index (κ2) is 15.1. The Labute approximate surface area is 197 Å². The maximum Gasteiger partial charge on any atom is 0.326 e. The van der Waals surface area contributed by atoms with Gasteiger partial charge >= 0.3 is 5.97 Å². The molecule has 0 bridgehead atoms. The third-order valence-electron chi connectivity index (χ3n) is 4.94. The van der Waals surface area contributed by atoms with Crippen LogP contribution in [-0.4, -0.2) is 70.5 Å². The Morgan fingerprint density at radius 3 is 1.79 bits per heavy atom. The molecule has 0 spiro atoms. The van der Waals surface area contributed by atoms with Crippen LogP contribution in [0.25, 0.3) is 0 Å². The van der Waals surface area contributed by atoms with Crippen molar-refractivity contribution in [2.75, 3.05) is 5.75 Å². The van der Waals surface area contributed by atoms with Crippen molar-refractivity contribution in [2.24, 2.45) is 23.1 Å². The van der Waals surface area contributed by atoms with E-state index in [1.54, 1.807) is 13.8 Å². The van der Waals surface area contributed by atoms with E-state index in [9.17, 15) is 33.9 Å². The Hall–Kier alpha value is -2.87. The molecule has 0 heterocycles. The van der Waals surface area contributed by atoms with Crippen LogP contribution < -0.4 is 33.2 Å². The van der Waals surface area contributed by atoms with Crippen LogP contribution >= 0.6 is 12.6 Å². The number of hydrogen-bond acceptors (Lipinski definition) is 8. The maximum atomic E-state index is 12.7. The number of carboxylic acid groups (broad SMARTS) is 1. The lowest BCUT2D eigenvalue weighted by Gasteiger charge is -2.25. The fraction of sp³-hybridized carbons (Fsp3) is 0.684. The zero-order valence-corrected chi connectivity index (χ0v) is 19.6. The van der Waals surface area contributed by atoms with Gasteiger partial charge in [-0.05, 0) is 18.8 Å². The molecule has 0 aliphatic rings. The van der Waals surface area contributed by atoms with Gasteiger partial charge in [0.2, 0.25) is 29.5 Å². The number of carbonyl (C=O) groups excluding carboxylic acids is 5. The first-order chi connectivity index (χ1) is 15.3. The van der Waals surface area contributed by atoms with Gasteiger partial charge in [-0.2, -0.15) is 12.6 Å². The smallest absolute Gasteiger partial charge is 0.326 e. The van der Waals surface area contributed by atoms with Gasteiger partial charge < -0.3 is 38.3 Å². The van der Waals surface area contributed by atoms with E-state index in [1.807, 2.05) is 0 Å². The highest BCUT2D eigenvalue weighted by Gasteiger charge is 2.31. The first-order valence-electron chi connectivity index (χ1n) is 10.4. The van der Waals surface area contributed by atoms with E-state index < -0.39 is 59.7 Å². The van der Waals surface area contributed by atoms with Crippen molar-refractivity contribution in [1.29, 1.82) is 0 Å². The summed E-state index contributed by atoms with van der Waals surface area (Å²) in [5, 5.41) is 16.5. The normalized spacial score (nSPS) is 15.3. The summed E-state index contributed by atoms with van der Waals surface area (Å²) < 4.78 is 0. The van der Waals surface area contributed by atoms with E-state index in [4.69, 9.17) is 17.2 Å². The van der Waals surface area contributed by atoms with Crippen LogP contribution in [0.4, 0.5) is 0 Å². The number of aliphatic carboxylic acids is 1. The molecule has 0 fully saturated rings. The maximum absolute atomic E-state index is 12.7. The van der Waals surface area contributed by atoms with Crippen LogP contribution in [-0.2, 0) is 28.8 Å². The van der Waals surface area contributed by atoms with E-state index in [-0.39, 0.29) is 37.4 Å². The van der Waals surface area contributed by atoms with Crippen LogP contribution in [0.5, 0.6) is 0 Å². The Morgan fingerprint density at radius 1 is 0.848 bits per heavy atom. The number of nitrogens with two attached hydrogens (primary N) is 3. The molecule has 13 nitrogen and oxygen atoms in total. The minimum atomic E-state index is -1.27. The average molecular weight is 491 g/mol. The van der Waals surface area contributed by atoms with Crippen molar-refractivity contribution in [1.82, 2.24) is 16.0 Å². The molecule has 33 heavy (non-hydrogen) atoms. The van der Waals surface area contributed by atoms with Gasteiger partial charge in [-0.3, -0.25) is 24.0 Å². The number of hydrogen-bond donors (Lipinski definition) is 8. The van der Waals surface area contributed by atoms with Gasteiger partial charge in [-0.15, -0.1) is 0 Å². The van der Waals surface area contributed by atoms with E-state index in [2.05, 4.69) is 28.6 Å². The zero-order valence-electron chi connectivity index (χ0n) is 18.7. The average Bonchev–Trinajstić information content (AvgIpc) is 2.75. The van der Waals surface area contributed by atoms with Crippen molar-refractivity contribution in [3.63, 3.8) is 0 Å². The lowest BCUT2D eigenvalue weighted by atomic mass is 9.99. The molecule has 0 aromatic heterocycles. The minimum Gasteiger partial charge on any atom is -0.480 e. The minimum absolute atomic E-state index is 0.0564. The molecule has 0 aliphatic carbocycles. The third kappa shape index (κ3) is 11.5. The van der Waals surface area contributed by atoms with Gasteiger partial charge in [-0.1, -0.05) is 20.3 Å². The highest BCUT2D eigenvalue weighted by atomic mass is 32.1. The first kappa shape index (κ1) is 30.1. The largest absolute Gasteiger partial charge is 0.480 e. The number of amides is 5. The predicted molar refractivity (Wildman–Crippen MR) is 122 cm³/mol. The highest BCUT2D eigenvalue weighted by Crippen LogP contribution is 2.09.